The molecule has 0 fully saturated rings. The number of carbonyl (C=O) groups excluding carboxylic acids is 1. The number of anilines is 1. The van der Waals surface area contributed by atoms with Gasteiger partial charge in [0.2, 0.25) is 5.78 Å². The highest BCUT2D eigenvalue weighted by molar-refractivity contribution is 7.17. The van der Waals surface area contributed by atoms with Crippen LogP contribution in [0.25, 0.3) is 10.8 Å². The second kappa shape index (κ2) is 5.76. The number of alkyl halides is 5. The molecule has 0 aliphatic heterocycles. The Hall–Kier alpha value is -2.55. The van der Waals surface area contributed by atoms with Gasteiger partial charge in [-0.05, 0) is 16.8 Å². The highest BCUT2D eigenvalue weighted by Gasteiger charge is 2.61. The molecule has 25 heavy (non-hydrogen) atoms. The third kappa shape index (κ3) is 2.95. The number of nitrogens with zero attached hydrogens (tertiary/aromatic N) is 1. The van der Waals surface area contributed by atoms with Crippen molar-refractivity contribution in [1.82, 2.24) is 4.98 Å². The van der Waals surface area contributed by atoms with E-state index in [4.69, 9.17) is 5.73 Å². The van der Waals surface area contributed by atoms with Crippen LogP contribution in [0.2, 0.25) is 0 Å². The summed E-state index contributed by atoms with van der Waals surface area (Å²) in [6, 6.07) is 11.3. The van der Waals surface area contributed by atoms with E-state index in [2.05, 4.69) is 4.98 Å². The maximum atomic E-state index is 13.7. The minimum Gasteiger partial charge on any atom is -0.375 e. The average Bonchev–Trinajstić information content (AvgIpc) is 2.95. The molecule has 0 aliphatic rings. The first kappa shape index (κ1) is 17.3. The number of benzene rings is 2. The zero-order valence-corrected chi connectivity index (χ0v) is 13.1. The minimum absolute atomic E-state index is 0.0263. The quantitative estimate of drug-likeness (QED) is 0.533. The molecule has 0 saturated carbocycles. The number of aromatic nitrogens is 1. The highest BCUT2D eigenvalue weighted by atomic mass is 32.1. The van der Waals surface area contributed by atoms with Gasteiger partial charge >= 0.3 is 12.1 Å². The van der Waals surface area contributed by atoms with E-state index in [1.807, 2.05) is 0 Å². The fourth-order valence-corrected chi connectivity index (χ4v) is 3.13. The summed E-state index contributed by atoms with van der Waals surface area (Å²) < 4.78 is 65.3. The van der Waals surface area contributed by atoms with E-state index in [1.54, 1.807) is 30.3 Å². The Morgan fingerprint density at radius 3 is 2.28 bits per heavy atom. The van der Waals surface area contributed by atoms with Gasteiger partial charge in [0.1, 0.15) is 10.6 Å². The van der Waals surface area contributed by atoms with Crippen LogP contribution in [0.4, 0.5) is 27.1 Å². The number of fused-ring (bicyclic) bond motifs is 1. The van der Waals surface area contributed by atoms with Crippen LogP contribution in [0.3, 0.4) is 0 Å². The lowest BCUT2D eigenvalue weighted by Gasteiger charge is -2.18. The van der Waals surface area contributed by atoms with E-state index in [9.17, 15) is 26.7 Å². The Balaban J connectivity index is 2.11. The largest absolute Gasteiger partial charge is 0.459 e. The van der Waals surface area contributed by atoms with E-state index < -0.39 is 33.6 Å². The second-order valence-electron chi connectivity index (χ2n) is 5.19. The number of hydrogen-bond acceptors (Lipinski definition) is 4. The lowest BCUT2D eigenvalue weighted by molar-refractivity contribution is -0.290. The molecular weight excluding hydrogens is 363 g/mol. The SMILES string of the molecule is Nc1nc(C(F)(F)C(F)(F)F)c(C(=O)c2ccc3ccccc3c2)s1. The molecule has 0 spiro atoms. The maximum absolute atomic E-state index is 13.7. The van der Waals surface area contributed by atoms with Gasteiger partial charge in [0.25, 0.3) is 0 Å². The smallest absolute Gasteiger partial charge is 0.375 e. The summed E-state index contributed by atoms with van der Waals surface area (Å²) in [4.78, 5) is 14.8. The summed E-state index contributed by atoms with van der Waals surface area (Å²) in [6.45, 7) is 0. The van der Waals surface area contributed by atoms with E-state index in [1.165, 1.54) is 12.1 Å². The third-order valence-electron chi connectivity index (χ3n) is 3.52. The van der Waals surface area contributed by atoms with Crippen molar-refractivity contribution in [3.8, 4) is 0 Å². The van der Waals surface area contributed by atoms with Crippen LogP contribution in [0.5, 0.6) is 0 Å². The third-order valence-corrected chi connectivity index (χ3v) is 4.40. The van der Waals surface area contributed by atoms with Gasteiger partial charge in [-0.1, -0.05) is 47.7 Å². The normalized spacial score (nSPS) is 12.5. The van der Waals surface area contributed by atoms with Gasteiger partial charge in [0.15, 0.2) is 5.13 Å². The fourth-order valence-electron chi connectivity index (χ4n) is 2.30. The van der Waals surface area contributed by atoms with Gasteiger partial charge < -0.3 is 5.73 Å². The molecule has 0 aliphatic carbocycles. The van der Waals surface area contributed by atoms with Crippen molar-refractivity contribution in [3.63, 3.8) is 0 Å². The number of rotatable bonds is 3. The summed E-state index contributed by atoms with van der Waals surface area (Å²) >= 11 is 0.303. The Bertz CT molecular complexity index is 965. The standard InChI is InChI=1S/C16H9F5N2OS/c17-15(18,16(19,20)21)13-12(25-14(22)23-13)11(24)10-6-5-8-3-1-2-4-9(8)7-10/h1-7H,(H2,22,23). The van der Waals surface area contributed by atoms with Gasteiger partial charge in [-0.3, -0.25) is 4.79 Å². The summed E-state index contributed by atoms with van der Waals surface area (Å²) in [5, 5.41) is 0.904. The molecule has 9 heteroatoms. The molecule has 0 unspecified atom stereocenters. The lowest BCUT2D eigenvalue weighted by atomic mass is 10.0. The highest BCUT2D eigenvalue weighted by Crippen LogP contribution is 2.46. The van der Waals surface area contributed by atoms with Crippen molar-refractivity contribution < 1.29 is 26.7 Å². The first-order valence-corrected chi connectivity index (χ1v) is 7.68. The van der Waals surface area contributed by atoms with Gasteiger partial charge in [-0.2, -0.15) is 22.0 Å². The number of halogens is 5. The number of hydrogen-bond donors (Lipinski definition) is 1. The molecule has 0 amide bonds. The maximum Gasteiger partial charge on any atom is 0.459 e. The van der Waals surface area contributed by atoms with E-state index in [0.717, 1.165) is 5.39 Å². The Morgan fingerprint density at radius 1 is 1.00 bits per heavy atom. The van der Waals surface area contributed by atoms with Crippen molar-refractivity contribution in [3.05, 3.63) is 58.6 Å². The molecule has 0 saturated heterocycles. The van der Waals surface area contributed by atoms with E-state index in [0.29, 0.717) is 16.7 Å². The first-order chi connectivity index (χ1) is 11.6. The van der Waals surface area contributed by atoms with Crippen molar-refractivity contribution in [1.29, 1.82) is 0 Å². The Morgan fingerprint density at radius 2 is 1.64 bits per heavy atom. The zero-order chi connectivity index (χ0) is 18.4. The Kier molecular flexibility index (Phi) is 3.98. The molecule has 1 aromatic heterocycles. The predicted molar refractivity (Wildman–Crippen MR) is 83.9 cm³/mol. The molecular formula is C16H9F5N2OS. The van der Waals surface area contributed by atoms with Crippen molar-refractivity contribution in [2.75, 3.05) is 5.73 Å². The number of nitrogens with two attached hydrogens (primary N) is 1. The Labute approximate surface area is 141 Å². The summed E-state index contributed by atoms with van der Waals surface area (Å²) in [6.07, 6.45) is -5.88. The molecule has 3 rings (SSSR count). The van der Waals surface area contributed by atoms with Gasteiger partial charge in [-0.25, -0.2) is 4.98 Å². The molecule has 0 atom stereocenters. The molecule has 2 aromatic carbocycles. The summed E-state index contributed by atoms with van der Waals surface area (Å²) in [7, 11) is 0. The van der Waals surface area contributed by atoms with Gasteiger partial charge in [0, 0.05) is 5.56 Å². The topological polar surface area (TPSA) is 56.0 Å². The molecule has 1 heterocycles. The van der Waals surface area contributed by atoms with Crippen molar-refractivity contribution >= 4 is 33.0 Å². The summed E-state index contributed by atoms with van der Waals surface area (Å²) in [5.41, 5.74) is 3.59. The second-order valence-corrected chi connectivity index (χ2v) is 6.22. The van der Waals surface area contributed by atoms with Gasteiger partial charge in [0.05, 0.1) is 0 Å². The van der Waals surface area contributed by atoms with Gasteiger partial charge in [-0.15, -0.1) is 0 Å². The van der Waals surface area contributed by atoms with E-state index >= 15 is 0 Å². The van der Waals surface area contributed by atoms with E-state index in [-0.39, 0.29) is 5.56 Å². The van der Waals surface area contributed by atoms with Crippen molar-refractivity contribution in [2.45, 2.75) is 12.1 Å². The van der Waals surface area contributed by atoms with Crippen LogP contribution < -0.4 is 5.73 Å². The van der Waals surface area contributed by atoms with Crippen molar-refractivity contribution in [2.24, 2.45) is 0 Å². The summed E-state index contributed by atoms with van der Waals surface area (Å²) in [5.74, 6) is -6.26. The van der Waals surface area contributed by atoms with Crippen LogP contribution >= 0.6 is 11.3 Å². The number of ketones is 1. The molecule has 130 valence electrons. The van der Waals surface area contributed by atoms with Crippen LogP contribution in [0, 0.1) is 0 Å². The molecule has 0 radical (unpaired) electrons. The zero-order valence-electron chi connectivity index (χ0n) is 12.3. The van der Waals surface area contributed by atoms with Crippen LogP contribution in [0.15, 0.2) is 42.5 Å². The lowest BCUT2D eigenvalue weighted by Crippen LogP contribution is -2.35. The fraction of sp³-hybridized carbons (Fsp3) is 0.125. The van der Waals surface area contributed by atoms with Crippen LogP contribution in [-0.4, -0.2) is 16.9 Å². The number of thiazole rings is 1. The first-order valence-electron chi connectivity index (χ1n) is 6.86. The van der Waals surface area contributed by atoms with Crippen LogP contribution in [-0.2, 0) is 5.92 Å². The average molecular weight is 372 g/mol. The molecule has 3 aromatic rings. The number of nitrogen functional groups attached to an aromatic ring is 1. The predicted octanol–water partition coefficient (Wildman–Crippen LogP) is 4.76. The molecule has 3 nitrogen and oxygen atoms in total. The molecule has 0 bridgehead atoms. The minimum atomic E-state index is -5.88. The monoisotopic (exact) mass is 372 g/mol. The molecule has 2 N–H and O–H groups in total. The van der Waals surface area contributed by atoms with Crippen LogP contribution in [0.1, 0.15) is 20.9 Å². The number of carbonyl (C=O) groups is 1.